The zero-order valence-electron chi connectivity index (χ0n) is 15.6. The summed E-state index contributed by atoms with van der Waals surface area (Å²) in [5.74, 6) is -0.203. The Morgan fingerprint density at radius 1 is 0.826 bits per heavy atom. The molecule has 0 radical (unpaired) electrons. The number of amides is 2. The Kier molecular flexibility index (Phi) is 8.35. The van der Waals surface area contributed by atoms with Gasteiger partial charge in [-0.3, -0.25) is 9.59 Å². The SMILES string of the molecule is CC=C1C(=O)N(C(CC)CCCC)N(C(CC)CCCC)C1=O. The molecule has 0 saturated carbocycles. The van der Waals surface area contributed by atoms with Gasteiger partial charge in [0.1, 0.15) is 5.57 Å². The highest BCUT2D eigenvalue weighted by atomic mass is 16.2. The summed E-state index contributed by atoms with van der Waals surface area (Å²) in [7, 11) is 0. The standard InChI is InChI=1S/C19H34N2O2/c1-6-11-13-15(8-3)20-18(22)17(10-5)19(23)21(20)16(9-4)14-12-7-2/h10,15-16H,6-9,11-14H2,1-5H3. The van der Waals surface area contributed by atoms with Crippen molar-refractivity contribution < 1.29 is 9.59 Å². The van der Waals surface area contributed by atoms with E-state index in [-0.39, 0.29) is 23.9 Å². The van der Waals surface area contributed by atoms with E-state index >= 15 is 0 Å². The van der Waals surface area contributed by atoms with Crippen molar-refractivity contribution in [1.29, 1.82) is 0 Å². The molecule has 1 saturated heterocycles. The van der Waals surface area contributed by atoms with Gasteiger partial charge in [0.05, 0.1) is 12.1 Å². The largest absolute Gasteiger partial charge is 0.278 e. The molecule has 2 amide bonds. The van der Waals surface area contributed by atoms with E-state index in [2.05, 4.69) is 27.7 Å². The second-order valence-electron chi connectivity index (χ2n) is 6.41. The summed E-state index contributed by atoms with van der Waals surface area (Å²) in [6, 6.07) is 0.249. The molecule has 4 nitrogen and oxygen atoms in total. The van der Waals surface area contributed by atoms with Gasteiger partial charge in [-0.2, -0.15) is 0 Å². The number of allylic oxidation sites excluding steroid dienone is 1. The molecule has 2 atom stereocenters. The highest BCUT2D eigenvalue weighted by molar-refractivity contribution is 6.22. The smallest absolute Gasteiger partial charge is 0.267 e. The Labute approximate surface area is 141 Å². The van der Waals surface area contributed by atoms with Gasteiger partial charge in [-0.1, -0.05) is 59.5 Å². The normalized spacial score (nSPS) is 17.9. The molecular weight excluding hydrogens is 288 g/mol. The third-order valence-corrected chi connectivity index (χ3v) is 4.81. The van der Waals surface area contributed by atoms with Gasteiger partial charge >= 0.3 is 0 Å². The summed E-state index contributed by atoms with van der Waals surface area (Å²) in [6.45, 7) is 10.3. The molecule has 0 aromatic heterocycles. The Hall–Kier alpha value is -1.32. The lowest BCUT2D eigenvalue weighted by molar-refractivity contribution is -0.159. The van der Waals surface area contributed by atoms with E-state index in [0.29, 0.717) is 5.57 Å². The van der Waals surface area contributed by atoms with Gasteiger partial charge in [0.2, 0.25) is 0 Å². The Morgan fingerprint density at radius 3 is 1.48 bits per heavy atom. The van der Waals surface area contributed by atoms with Crippen molar-refractivity contribution in [3.63, 3.8) is 0 Å². The number of carbonyl (C=O) groups excluding carboxylic acids is 2. The number of unbranched alkanes of at least 4 members (excludes halogenated alkanes) is 2. The van der Waals surface area contributed by atoms with Gasteiger partial charge in [-0.15, -0.1) is 0 Å². The first-order chi connectivity index (χ1) is 11.1. The van der Waals surface area contributed by atoms with Crippen molar-refractivity contribution in [1.82, 2.24) is 10.0 Å². The fraction of sp³-hybridized carbons (Fsp3) is 0.789. The second-order valence-corrected chi connectivity index (χ2v) is 6.41. The monoisotopic (exact) mass is 322 g/mol. The first-order valence-corrected chi connectivity index (χ1v) is 9.40. The number of rotatable bonds is 10. The lowest BCUT2D eigenvalue weighted by Crippen LogP contribution is -2.51. The maximum absolute atomic E-state index is 12.8. The molecule has 0 N–H and O–H groups in total. The fourth-order valence-electron chi connectivity index (χ4n) is 3.34. The predicted octanol–water partition coefficient (Wildman–Crippen LogP) is 4.46. The van der Waals surface area contributed by atoms with E-state index in [4.69, 9.17) is 0 Å². The van der Waals surface area contributed by atoms with Gasteiger partial charge in [0.25, 0.3) is 11.8 Å². The molecular formula is C19H34N2O2. The number of hydrogen-bond acceptors (Lipinski definition) is 2. The zero-order chi connectivity index (χ0) is 17.4. The van der Waals surface area contributed by atoms with Crippen LogP contribution in [0.3, 0.4) is 0 Å². The lowest BCUT2D eigenvalue weighted by Gasteiger charge is -2.39. The van der Waals surface area contributed by atoms with Crippen LogP contribution in [0.5, 0.6) is 0 Å². The first-order valence-electron chi connectivity index (χ1n) is 9.40. The number of hydrazine groups is 1. The van der Waals surface area contributed by atoms with E-state index in [0.717, 1.165) is 51.4 Å². The Balaban J connectivity index is 3.13. The number of hydrogen-bond donors (Lipinski definition) is 0. The average molecular weight is 322 g/mol. The fourth-order valence-corrected chi connectivity index (χ4v) is 3.34. The maximum atomic E-state index is 12.8. The van der Waals surface area contributed by atoms with Crippen LogP contribution in [-0.2, 0) is 9.59 Å². The van der Waals surface area contributed by atoms with Crippen LogP contribution in [0.1, 0.15) is 86.0 Å². The Bertz CT molecular complexity index is 395. The number of carbonyl (C=O) groups is 2. The summed E-state index contributed by atoms with van der Waals surface area (Å²) in [4.78, 5) is 25.6. The molecule has 23 heavy (non-hydrogen) atoms. The Morgan fingerprint density at radius 2 is 1.22 bits per heavy atom. The third kappa shape index (κ3) is 4.36. The lowest BCUT2D eigenvalue weighted by atomic mass is 10.1. The molecule has 0 spiro atoms. The van der Waals surface area contributed by atoms with E-state index in [1.165, 1.54) is 0 Å². The van der Waals surface area contributed by atoms with Crippen LogP contribution < -0.4 is 0 Å². The predicted molar refractivity (Wildman–Crippen MR) is 94.7 cm³/mol. The molecule has 1 heterocycles. The summed E-state index contributed by atoms with van der Waals surface area (Å²) in [6.07, 6.45) is 9.76. The molecule has 0 aromatic rings. The van der Waals surface area contributed by atoms with Crippen molar-refractivity contribution in [2.24, 2.45) is 0 Å². The summed E-state index contributed by atoms with van der Waals surface area (Å²) < 4.78 is 0. The van der Waals surface area contributed by atoms with Crippen molar-refractivity contribution in [3.05, 3.63) is 11.6 Å². The van der Waals surface area contributed by atoms with Gasteiger partial charge < -0.3 is 0 Å². The molecule has 1 rings (SSSR count). The van der Waals surface area contributed by atoms with Gasteiger partial charge in [0.15, 0.2) is 0 Å². The maximum Gasteiger partial charge on any atom is 0.278 e. The molecule has 0 aliphatic carbocycles. The molecule has 1 fully saturated rings. The van der Waals surface area contributed by atoms with Crippen LogP contribution in [0, 0.1) is 0 Å². The summed E-state index contributed by atoms with van der Waals surface area (Å²) in [5.41, 5.74) is 0.342. The molecule has 0 bridgehead atoms. The quantitative estimate of drug-likeness (QED) is 0.440. The topological polar surface area (TPSA) is 40.6 Å². The minimum Gasteiger partial charge on any atom is -0.267 e. The molecule has 4 heteroatoms. The number of nitrogens with zero attached hydrogens (tertiary/aromatic N) is 2. The highest BCUT2D eigenvalue weighted by Crippen LogP contribution is 2.30. The summed E-state index contributed by atoms with van der Waals surface area (Å²) in [5, 5.41) is 3.58. The van der Waals surface area contributed by atoms with Gasteiger partial charge in [0, 0.05) is 0 Å². The van der Waals surface area contributed by atoms with Crippen LogP contribution in [0.25, 0.3) is 0 Å². The van der Waals surface area contributed by atoms with E-state index in [1.807, 2.05) is 0 Å². The van der Waals surface area contributed by atoms with E-state index in [1.54, 1.807) is 23.0 Å². The van der Waals surface area contributed by atoms with Crippen LogP contribution in [0.4, 0.5) is 0 Å². The molecule has 1 aliphatic heterocycles. The zero-order valence-corrected chi connectivity index (χ0v) is 15.6. The van der Waals surface area contributed by atoms with Crippen molar-refractivity contribution >= 4 is 11.8 Å². The van der Waals surface area contributed by atoms with E-state index in [9.17, 15) is 9.59 Å². The van der Waals surface area contributed by atoms with Crippen LogP contribution in [0.2, 0.25) is 0 Å². The molecule has 1 aliphatic rings. The average Bonchev–Trinajstić information content (AvgIpc) is 2.80. The van der Waals surface area contributed by atoms with Crippen LogP contribution >= 0.6 is 0 Å². The molecule has 2 unspecified atom stereocenters. The third-order valence-electron chi connectivity index (χ3n) is 4.81. The minimum absolute atomic E-state index is 0.101. The second kappa shape index (κ2) is 9.74. The van der Waals surface area contributed by atoms with Crippen molar-refractivity contribution in [2.45, 2.75) is 98.1 Å². The van der Waals surface area contributed by atoms with Crippen molar-refractivity contribution in [2.75, 3.05) is 0 Å². The van der Waals surface area contributed by atoms with Gasteiger partial charge in [-0.25, -0.2) is 10.0 Å². The molecule has 0 aromatic carbocycles. The van der Waals surface area contributed by atoms with E-state index < -0.39 is 0 Å². The van der Waals surface area contributed by atoms with Crippen molar-refractivity contribution in [3.8, 4) is 0 Å². The molecule has 132 valence electrons. The highest BCUT2D eigenvalue weighted by Gasteiger charge is 2.45. The van der Waals surface area contributed by atoms with Gasteiger partial charge in [-0.05, 0) is 32.6 Å². The van der Waals surface area contributed by atoms with Crippen LogP contribution in [0.15, 0.2) is 11.6 Å². The van der Waals surface area contributed by atoms with Crippen LogP contribution in [-0.4, -0.2) is 33.9 Å². The summed E-state index contributed by atoms with van der Waals surface area (Å²) >= 11 is 0. The minimum atomic E-state index is -0.101. The first kappa shape index (κ1) is 19.7.